The van der Waals surface area contributed by atoms with Gasteiger partial charge in [-0.05, 0) is 67.6 Å². The SMILES string of the molecule is CCc1ccc2nc(N3C(=O)C(=O)/C(=C(/O)c4cc(C)cc(C)c4OC)C3c3cccc(C)c3)sc2c1. The molecule has 1 amide bonds. The number of ketones is 1. The van der Waals surface area contributed by atoms with E-state index in [1.807, 2.05) is 63.2 Å². The maximum Gasteiger partial charge on any atom is 0.301 e. The van der Waals surface area contributed by atoms with Gasteiger partial charge >= 0.3 is 5.91 Å². The molecule has 1 N–H and O–H groups in total. The Bertz CT molecular complexity index is 1600. The van der Waals surface area contributed by atoms with Crippen molar-refractivity contribution in [2.45, 2.75) is 40.2 Å². The molecule has 1 aromatic heterocycles. The van der Waals surface area contributed by atoms with Crippen molar-refractivity contribution in [1.82, 2.24) is 4.98 Å². The van der Waals surface area contributed by atoms with E-state index in [0.717, 1.165) is 38.9 Å². The number of anilines is 1. The summed E-state index contributed by atoms with van der Waals surface area (Å²) in [4.78, 5) is 33.3. The van der Waals surface area contributed by atoms with E-state index in [1.54, 1.807) is 6.07 Å². The molecule has 7 heteroatoms. The van der Waals surface area contributed by atoms with Gasteiger partial charge < -0.3 is 9.84 Å². The molecule has 3 aromatic carbocycles. The van der Waals surface area contributed by atoms with Crippen molar-refractivity contribution < 1.29 is 19.4 Å². The molecule has 1 saturated heterocycles. The van der Waals surface area contributed by atoms with Crippen molar-refractivity contribution in [3.63, 3.8) is 0 Å². The molecule has 0 bridgehead atoms. The molecule has 0 radical (unpaired) electrons. The second-order valence-electron chi connectivity index (χ2n) is 9.40. The predicted molar refractivity (Wildman–Crippen MR) is 147 cm³/mol. The van der Waals surface area contributed by atoms with Crippen LogP contribution in [0.3, 0.4) is 0 Å². The number of Topliss-reactive ketones (excluding diaryl/α,β-unsaturated/α-hetero) is 1. The highest BCUT2D eigenvalue weighted by Crippen LogP contribution is 2.45. The molecule has 1 atom stereocenters. The van der Waals surface area contributed by atoms with Crippen LogP contribution in [0.2, 0.25) is 0 Å². The minimum absolute atomic E-state index is 0.0207. The molecule has 1 aliphatic rings. The van der Waals surface area contributed by atoms with Gasteiger partial charge in [-0.15, -0.1) is 0 Å². The normalized spacial score (nSPS) is 17.1. The summed E-state index contributed by atoms with van der Waals surface area (Å²) >= 11 is 1.37. The van der Waals surface area contributed by atoms with Gasteiger partial charge in [0.25, 0.3) is 5.78 Å². The van der Waals surface area contributed by atoms with Crippen molar-refractivity contribution in [3.05, 3.63) is 93.6 Å². The zero-order valence-electron chi connectivity index (χ0n) is 21.5. The zero-order valence-corrected chi connectivity index (χ0v) is 22.3. The van der Waals surface area contributed by atoms with Crippen LogP contribution in [0.1, 0.15) is 46.3 Å². The first-order valence-electron chi connectivity index (χ1n) is 12.2. The first-order chi connectivity index (χ1) is 17.7. The minimum atomic E-state index is -0.836. The van der Waals surface area contributed by atoms with E-state index < -0.39 is 17.7 Å². The number of amides is 1. The third-order valence-corrected chi connectivity index (χ3v) is 7.75. The highest BCUT2D eigenvalue weighted by atomic mass is 32.1. The van der Waals surface area contributed by atoms with Crippen LogP contribution < -0.4 is 9.64 Å². The van der Waals surface area contributed by atoms with Gasteiger partial charge in [-0.25, -0.2) is 4.98 Å². The monoisotopic (exact) mass is 512 g/mol. The second-order valence-corrected chi connectivity index (χ2v) is 10.4. The Morgan fingerprint density at radius 3 is 2.54 bits per heavy atom. The number of aliphatic hydroxyl groups excluding tert-OH is 1. The Hall–Kier alpha value is -3.97. The van der Waals surface area contributed by atoms with E-state index in [-0.39, 0.29) is 11.3 Å². The number of benzene rings is 3. The van der Waals surface area contributed by atoms with E-state index in [2.05, 4.69) is 13.0 Å². The zero-order chi connectivity index (χ0) is 26.4. The second kappa shape index (κ2) is 9.48. The Morgan fingerprint density at radius 1 is 1.05 bits per heavy atom. The molecular formula is C30H28N2O4S. The average molecular weight is 513 g/mol. The minimum Gasteiger partial charge on any atom is -0.507 e. The molecule has 0 saturated carbocycles. The summed E-state index contributed by atoms with van der Waals surface area (Å²) in [5.74, 6) is -1.26. The van der Waals surface area contributed by atoms with Crippen LogP contribution in [0.5, 0.6) is 5.75 Å². The Kier molecular flexibility index (Phi) is 6.33. The number of hydrogen-bond acceptors (Lipinski definition) is 6. The summed E-state index contributed by atoms with van der Waals surface area (Å²) in [7, 11) is 1.52. The van der Waals surface area contributed by atoms with Crippen LogP contribution in [-0.2, 0) is 16.0 Å². The predicted octanol–water partition coefficient (Wildman–Crippen LogP) is 6.42. The number of carbonyl (C=O) groups is 2. The van der Waals surface area contributed by atoms with Gasteiger partial charge in [0.15, 0.2) is 5.13 Å². The first kappa shape index (κ1) is 24.7. The third-order valence-electron chi connectivity index (χ3n) is 6.74. The first-order valence-corrected chi connectivity index (χ1v) is 13.0. The number of aromatic nitrogens is 1. The highest BCUT2D eigenvalue weighted by molar-refractivity contribution is 7.22. The molecular weight excluding hydrogens is 484 g/mol. The maximum absolute atomic E-state index is 13.6. The lowest BCUT2D eigenvalue weighted by molar-refractivity contribution is -0.132. The number of thiazole rings is 1. The van der Waals surface area contributed by atoms with Gasteiger partial charge in [0.1, 0.15) is 11.5 Å². The fourth-order valence-corrected chi connectivity index (χ4v) is 6.07. The summed E-state index contributed by atoms with van der Waals surface area (Å²) in [6.07, 6.45) is 0.884. The number of ether oxygens (including phenoxy) is 1. The number of rotatable bonds is 5. The van der Waals surface area contributed by atoms with E-state index in [4.69, 9.17) is 9.72 Å². The van der Waals surface area contributed by atoms with Crippen LogP contribution in [0.4, 0.5) is 5.13 Å². The van der Waals surface area contributed by atoms with Gasteiger partial charge in [0.2, 0.25) is 0 Å². The Balaban J connectivity index is 1.77. The Labute approximate surface area is 219 Å². The van der Waals surface area contributed by atoms with Crippen molar-refractivity contribution in [2.75, 3.05) is 12.0 Å². The summed E-state index contributed by atoms with van der Waals surface area (Å²) in [6, 6.07) is 16.5. The molecule has 1 fully saturated rings. The number of aliphatic hydroxyl groups is 1. The topological polar surface area (TPSA) is 79.7 Å². The van der Waals surface area contributed by atoms with Crippen molar-refractivity contribution in [1.29, 1.82) is 0 Å². The van der Waals surface area contributed by atoms with Gasteiger partial charge in [-0.3, -0.25) is 14.5 Å². The molecule has 6 nitrogen and oxygen atoms in total. The maximum atomic E-state index is 13.6. The van der Waals surface area contributed by atoms with E-state index in [0.29, 0.717) is 16.4 Å². The van der Waals surface area contributed by atoms with E-state index >= 15 is 0 Å². The molecule has 5 rings (SSSR count). The lowest BCUT2D eigenvalue weighted by Gasteiger charge is -2.23. The fourth-order valence-electron chi connectivity index (χ4n) is 5.01. The van der Waals surface area contributed by atoms with E-state index in [1.165, 1.54) is 28.9 Å². The summed E-state index contributed by atoms with van der Waals surface area (Å²) in [5, 5.41) is 12.0. The van der Waals surface area contributed by atoms with Crippen LogP contribution in [0.15, 0.2) is 60.2 Å². The number of methoxy groups -OCH3 is 1. The highest BCUT2D eigenvalue weighted by Gasteiger charge is 2.48. The molecule has 0 spiro atoms. The quantitative estimate of drug-likeness (QED) is 0.190. The largest absolute Gasteiger partial charge is 0.507 e. The molecule has 1 unspecified atom stereocenters. The van der Waals surface area contributed by atoms with Gasteiger partial charge in [0.05, 0.1) is 34.5 Å². The number of aryl methyl sites for hydroxylation is 4. The van der Waals surface area contributed by atoms with Gasteiger partial charge in [0, 0.05) is 0 Å². The van der Waals surface area contributed by atoms with Crippen molar-refractivity contribution in [2.24, 2.45) is 0 Å². The van der Waals surface area contributed by atoms with Crippen LogP contribution in [-0.4, -0.2) is 28.9 Å². The van der Waals surface area contributed by atoms with Crippen LogP contribution in [0.25, 0.3) is 16.0 Å². The van der Waals surface area contributed by atoms with Crippen LogP contribution in [0, 0.1) is 20.8 Å². The Morgan fingerprint density at radius 2 is 1.84 bits per heavy atom. The number of hydrogen-bond donors (Lipinski definition) is 1. The molecule has 4 aromatic rings. The number of carbonyl (C=O) groups excluding carboxylic acids is 2. The lowest BCUT2D eigenvalue weighted by Crippen LogP contribution is -2.29. The molecule has 0 aliphatic carbocycles. The number of nitrogens with zero attached hydrogens (tertiary/aromatic N) is 2. The summed E-state index contributed by atoms with van der Waals surface area (Å²) < 4.78 is 6.53. The van der Waals surface area contributed by atoms with Crippen molar-refractivity contribution >= 4 is 44.1 Å². The van der Waals surface area contributed by atoms with Crippen molar-refractivity contribution in [3.8, 4) is 5.75 Å². The summed E-state index contributed by atoms with van der Waals surface area (Å²) in [5.41, 5.74) is 5.75. The fraction of sp³-hybridized carbons (Fsp3) is 0.233. The average Bonchev–Trinajstić information content (AvgIpc) is 3.40. The molecule has 188 valence electrons. The standard InChI is InChI=1S/C30H28N2O4S/c1-6-19-10-11-22-23(15-19)37-30(31-22)32-25(20-9-7-8-16(2)13-20)24(27(34)29(32)35)26(33)21-14-17(3)12-18(4)28(21)36-5/h7-15,25,33H,6H2,1-5H3/b26-24+. The third kappa shape index (κ3) is 4.19. The molecule has 1 aliphatic heterocycles. The number of fused-ring (bicyclic) bond motifs is 1. The van der Waals surface area contributed by atoms with E-state index in [9.17, 15) is 14.7 Å². The smallest absolute Gasteiger partial charge is 0.301 e. The van der Waals surface area contributed by atoms with Gasteiger partial charge in [-0.1, -0.05) is 60.2 Å². The summed E-state index contributed by atoms with van der Waals surface area (Å²) in [6.45, 7) is 7.82. The lowest BCUT2D eigenvalue weighted by atomic mass is 9.93. The van der Waals surface area contributed by atoms with Gasteiger partial charge in [-0.2, -0.15) is 0 Å². The molecule has 2 heterocycles. The molecule has 37 heavy (non-hydrogen) atoms. The van der Waals surface area contributed by atoms with Crippen LogP contribution >= 0.6 is 11.3 Å².